The maximum Gasteiger partial charge on any atom is 0.303 e. The van der Waals surface area contributed by atoms with Crippen molar-refractivity contribution in [3.05, 3.63) is 29.8 Å². The first-order valence-electron chi connectivity index (χ1n) is 5.67. The second-order valence-electron chi connectivity index (χ2n) is 3.96. The molecule has 2 N–H and O–H groups in total. The average molecular weight is 251 g/mol. The molecule has 5 nitrogen and oxygen atoms in total. The highest BCUT2D eigenvalue weighted by Gasteiger charge is 2.11. The summed E-state index contributed by atoms with van der Waals surface area (Å²) in [6.07, 6.45) is 0.0847. The van der Waals surface area contributed by atoms with E-state index in [0.717, 1.165) is 5.56 Å². The molecule has 0 aliphatic rings. The predicted octanol–water partition coefficient (Wildman–Crippen LogP) is 1.68. The topological polar surface area (TPSA) is 75.6 Å². The number of anilines is 1. The molecule has 0 bridgehead atoms. The molecule has 0 aromatic heterocycles. The third kappa shape index (κ3) is 4.55. The smallest absolute Gasteiger partial charge is 0.303 e. The van der Waals surface area contributed by atoms with E-state index >= 15 is 0 Å². The number of carboxylic acids is 1. The normalized spacial score (nSPS) is 11.9. The van der Waals surface area contributed by atoms with E-state index in [1.807, 2.05) is 0 Å². The molecule has 0 aliphatic carbocycles. The number of methoxy groups -OCH3 is 1. The van der Waals surface area contributed by atoms with Gasteiger partial charge in [-0.05, 0) is 31.0 Å². The van der Waals surface area contributed by atoms with Crippen molar-refractivity contribution < 1.29 is 19.4 Å². The second-order valence-corrected chi connectivity index (χ2v) is 3.96. The van der Waals surface area contributed by atoms with Gasteiger partial charge in [0.05, 0.1) is 0 Å². The van der Waals surface area contributed by atoms with Crippen molar-refractivity contribution in [2.75, 3.05) is 12.4 Å². The lowest BCUT2D eigenvalue weighted by Gasteiger charge is -2.10. The monoisotopic (exact) mass is 251 g/mol. The summed E-state index contributed by atoms with van der Waals surface area (Å²) in [4.78, 5) is 22.0. The number of carbonyl (C=O) groups is 2. The fourth-order valence-electron chi connectivity index (χ4n) is 1.36. The van der Waals surface area contributed by atoms with Crippen LogP contribution in [0.2, 0.25) is 0 Å². The van der Waals surface area contributed by atoms with E-state index in [0.29, 0.717) is 12.1 Å². The van der Waals surface area contributed by atoms with Crippen LogP contribution in [0.4, 0.5) is 5.69 Å². The van der Waals surface area contributed by atoms with Gasteiger partial charge in [-0.3, -0.25) is 9.59 Å². The summed E-state index contributed by atoms with van der Waals surface area (Å²) in [6, 6.07) is 7.10. The van der Waals surface area contributed by atoms with E-state index in [2.05, 4.69) is 5.32 Å². The predicted molar refractivity (Wildman–Crippen MR) is 67.5 cm³/mol. The number of benzene rings is 1. The summed E-state index contributed by atoms with van der Waals surface area (Å²) in [5.74, 6) is -1.03. The highest BCUT2D eigenvalue weighted by molar-refractivity contribution is 5.93. The Morgan fingerprint density at radius 3 is 2.44 bits per heavy atom. The van der Waals surface area contributed by atoms with Crippen LogP contribution in [0.3, 0.4) is 0 Å². The van der Waals surface area contributed by atoms with Gasteiger partial charge in [-0.15, -0.1) is 0 Å². The van der Waals surface area contributed by atoms with Crippen molar-refractivity contribution in [3.63, 3.8) is 0 Å². The standard InChI is InChI=1S/C13H17NO4/c1-9(18-2)13(17)14-11-6-3-10(4-7-11)5-8-12(15)16/h3-4,6-7,9H,5,8H2,1-2H3,(H,14,17)(H,15,16). The van der Waals surface area contributed by atoms with Crippen molar-refractivity contribution in [2.24, 2.45) is 0 Å². The number of aryl methyl sites for hydroxylation is 1. The Bertz CT molecular complexity index is 414. The third-order valence-corrected chi connectivity index (χ3v) is 2.57. The van der Waals surface area contributed by atoms with Crippen molar-refractivity contribution in [1.82, 2.24) is 0 Å². The Morgan fingerprint density at radius 1 is 1.33 bits per heavy atom. The molecule has 5 heteroatoms. The Morgan fingerprint density at radius 2 is 1.94 bits per heavy atom. The summed E-state index contributed by atoms with van der Waals surface area (Å²) in [7, 11) is 1.47. The molecule has 98 valence electrons. The number of hydrogen-bond donors (Lipinski definition) is 2. The minimum Gasteiger partial charge on any atom is -0.481 e. The molecule has 0 radical (unpaired) electrons. The molecular weight excluding hydrogens is 234 g/mol. The molecule has 0 aliphatic heterocycles. The molecule has 0 heterocycles. The SMILES string of the molecule is COC(C)C(=O)Nc1ccc(CCC(=O)O)cc1. The number of carboxylic acid groups (broad SMARTS) is 1. The first-order chi connectivity index (χ1) is 8.52. The van der Waals surface area contributed by atoms with Crippen LogP contribution in [0.25, 0.3) is 0 Å². The first-order valence-corrected chi connectivity index (χ1v) is 5.67. The summed E-state index contributed by atoms with van der Waals surface area (Å²) in [6.45, 7) is 1.66. The summed E-state index contributed by atoms with van der Waals surface area (Å²) >= 11 is 0. The number of aliphatic carboxylic acids is 1. The molecule has 1 aromatic rings. The maximum absolute atomic E-state index is 11.5. The molecule has 1 aromatic carbocycles. The molecule has 0 saturated carbocycles. The quantitative estimate of drug-likeness (QED) is 0.806. The molecule has 0 saturated heterocycles. The highest BCUT2D eigenvalue weighted by Crippen LogP contribution is 2.11. The van der Waals surface area contributed by atoms with E-state index in [1.165, 1.54) is 7.11 Å². The van der Waals surface area contributed by atoms with E-state index in [-0.39, 0.29) is 12.3 Å². The van der Waals surface area contributed by atoms with Crippen LogP contribution in [-0.4, -0.2) is 30.2 Å². The minimum absolute atomic E-state index is 0.104. The van der Waals surface area contributed by atoms with Gasteiger partial charge in [-0.1, -0.05) is 12.1 Å². The molecule has 1 unspecified atom stereocenters. The van der Waals surface area contributed by atoms with Gasteiger partial charge in [0.15, 0.2) is 0 Å². The molecule has 1 atom stereocenters. The van der Waals surface area contributed by atoms with Gasteiger partial charge >= 0.3 is 5.97 Å². The van der Waals surface area contributed by atoms with Crippen molar-refractivity contribution >= 4 is 17.6 Å². The second kappa shape index (κ2) is 6.76. The van der Waals surface area contributed by atoms with Crippen LogP contribution in [0.5, 0.6) is 0 Å². The Labute approximate surface area is 106 Å². The van der Waals surface area contributed by atoms with Crippen LogP contribution >= 0.6 is 0 Å². The molecule has 0 spiro atoms. The number of ether oxygens (including phenoxy) is 1. The van der Waals surface area contributed by atoms with Crippen LogP contribution in [0, 0.1) is 0 Å². The number of carbonyl (C=O) groups excluding carboxylic acids is 1. The van der Waals surface area contributed by atoms with Gasteiger partial charge in [0.2, 0.25) is 0 Å². The lowest BCUT2D eigenvalue weighted by atomic mass is 10.1. The highest BCUT2D eigenvalue weighted by atomic mass is 16.5. The van der Waals surface area contributed by atoms with Crippen LogP contribution in [0.1, 0.15) is 18.9 Å². The van der Waals surface area contributed by atoms with Gasteiger partial charge in [-0.2, -0.15) is 0 Å². The fraction of sp³-hybridized carbons (Fsp3) is 0.385. The minimum atomic E-state index is -0.818. The van der Waals surface area contributed by atoms with Crippen molar-refractivity contribution in [2.45, 2.75) is 25.9 Å². The summed E-state index contributed by atoms with van der Waals surface area (Å²) < 4.78 is 4.90. The zero-order valence-electron chi connectivity index (χ0n) is 10.5. The molecule has 1 rings (SSSR count). The molecule has 1 amide bonds. The molecule has 18 heavy (non-hydrogen) atoms. The Balaban J connectivity index is 2.55. The van der Waals surface area contributed by atoms with E-state index < -0.39 is 12.1 Å². The van der Waals surface area contributed by atoms with Gasteiger partial charge in [0.1, 0.15) is 6.10 Å². The van der Waals surface area contributed by atoms with Gasteiger partial charge in [0, 0.05) is 19.2 Å². The van der Waals surface area contributed by atoms with Crippen LogP contribution in [0.15, 0.2) is 24.3 Å². The number of amides is 1. The number of rotatable bonds is 6. The van der Waals surface area contributed by atoms with E-state index in [1.54, 1.807) is 31.2 Å². The first kappa shape index (κ1) is 14.2. The summed E-state index contributed by atoms with van der Waals surface area (Å²) in [5.41, 5.74) is 1.60. The van der Waals surface area contributed by atoms with Crippen LogP contribution in [-0.2, 0) is 20.7 Å². The molecular formula is C13H17NO4. The lowest BCUT2D eigenvalue weighted by molar-refractivity contribution is -0.137. The summed E-state index contributed by atoms with van der Waals surface area (Å²) in [5, 5.41) is 11.3. The van der Waals surface area contributed by atoms with Gasteiger partial charge in [0.25, 0.3) is 5.91 Å². The van der Waals surface area contributed by atoms with Gasteiger partial charge < -0.3 is 15.2 Å². The maximum atomic E-state index is 11.5. The van der Waals surface area contributed by atoms with E-state index in [9.17, 15) is 9.59 Å². The Hall–Kier alpha value is -1.88. The van der Waals surface area contributed by atoms with E-state index in [4.69, 9.17) is 9.84 Å². The lowest BCUT2D eigenvalue weighted by Crippen LogP contribution is -2.26. The molecule has 0 fully saturated rings. The fourth-order valence-corrected chi connectivity index (χ4v) is 1.36. The number of hydrogen-bond acceptors (Lipinski definition) is 3. The largest absolute Gasteiger partial charge is 0.481 e. The van der Waals surface area contributed by atoms with Gasteiger partial charge in [-0.25, -0.2) is 0 Å². The van der Waals surface area contributed by atoms with Crippen molar-refractivity contribution in [3.8, 4) is 0 Å². The zero-order chi connectivity index (χ0) is 13.5. The van der Waals surface area contributed by atoms with Crippen LogP contribution < -0.4 is 5.32 Å². The van der Waals surface area contributed by atoms with Crippen molar-refractivity contribution in [1.29, 1.82) is 0 Å². The third-order valence-electron chi connectivity index (χ3n) is 2.57. The Kier molecular flexibility index (Phi) is 5.32. The zero-order valence-corrected chi connectivity index (χ0v) is 10.5. The average Bonchev–Trinajstić information content (AvgIpc) is 2.36. The number of nitrogens with one attached hydrogen (secondary N) is 1.